The summed E-state index contributed by atoms with van der Waals surface area (Å²) in [5.74, 6) is 1.85. The van der Waals surface area contributed by atoms with Crippen LogP contribution in [0.4, 0.5) is 0 Å². The molecule has 0 N–H and O–H groups in total. The summed E-state index contributed by atoms with van der Waals surface area (Å²) in [5.41, 5.74) is 4.81. The maximum Gasteiger partial charge on any atom is 0.137 e. The van der Waals surface area contributed by atoms with Crippen LogP contribution in [0.2, 0.25) is 0 Å². The molecule has 2 aromatic rings. The van der Waals surface area contributed by atoms with Crippen molar-refractivity contribution in [3.8, 4) is 11.5 Å². The van der Waals surface area contributed by atoms with Gasteiger partial charge in [-0.25, -0.2) is 0 Å². The first-order valence-electron chi connectivity index (χ1n) is 15.2. The minimum absolute atomic E-state index is 0. The average Bonchev–Trinajstić information content (AvgIpc) is 3.02. The highest BCUT2D eigenvalue weighted by Gasteiger charge is 2.29. The van der Waals surface area contributed by atoms with Crippen LogP contribution in [0.1, 0.15) is 38.8 Å². The fourth-order valence-electron chi connectivity index (χ4n) is 5.99. The van der Waals surface area contributed by atoms with Gasteiger partial charge in [-0.3, -0.25) is 0 Å². The molecule has 2 aliphatic heterocycles. The van der Waals surface area contributed by atoms with Crippen LogP contribution in [-0.4, -0.2) is 101 Å². The Bertz CT molecular complexity index is 1020. The molecule has 2 saturated heterocycles. The number of halogens is 2. The molecule has 42 heavy (non-hydrogen) atoms. The lowest BCUT2D eigenvalue weighted by Crippen LogP contribution is -3.00. The van der Waals surface area contributed by atoms with Gasteiger partial charge in [-0.2, -0.15) is 0 Å². The second kappa shape index (κ2) is 18.2. The van der Waals surface area contributed by atoms with Gasteiger partial charge < -0.3 is 61.9 Å². The molecule has 234 valence electrons. The number of quaternary nitrogens is 2. The summed E-state index contributed by atoms with van der Waals surface area (Å²) < 4.78 is 25.6. The van der Waals surface area contributed by atoms with Crippen LogP contribution in [0, 0.1) is 0 Å². The van der Waals surface area contributed by atoms with E-state index in [0.717, 1.165) is 112 Å². The van der Waals surface area contributed by atoms with E-state index < -0.39 is 0 Å². The topological polar surface area (TPSA) is 36.9 Å². The monoisotopic (exact) mass is 708 g/mol. The molecule has 0 atom stereocenters. The Morgan fingerprint density at radius 2 is 0.952 bits per heavy atom. The van der Waals surface area contributed by atoms with Gasteiger partial charge in [0.2, 0.25) is 0 Å². The van der Waals surface area contributed by atoms with Crippen LogP contribution in [0.25, 0.3) is 11.1 Å². The van der Waals surface area contributed by atoms with Crippen molar-refractivity contribution in [2.24, 2.45) is 0 Å². The number of nitrogens with zero attached hydrogens (tertiary/aromatic N) is 2. The molecular weight excluding hydrogens is 660 g/mol. The molecule has 6 nitrogen and oxygen atoms in total. The van der Waals surface area contributed by atoms with Crippen LogP contribution in [0.15, 0.2) is 60.7 Å². The smallest absolute Gasteiger partial charge is 0.137 e. The molecule has 0 saturated carbocycles. The van der Waals surface area contributed by atoms with E-state index in [-0.39, 0.29) is 34.0 Å². The SMILES string of the molecule is C/C=C(/C(=C/C)c1ccc(OCC[N+]2(CC)CCOCC2)cc1)c1ccc(OCC[N+]2(CC)CCOCC2)cc1.[Br-].[Br-]. The fraction of sp³-hybridized carbons (Fsp3) is 0.529. The van der Waals surface area contributed by atoms with Crippen molar-refractivity contribution in [2.75, 3.05) is 92.0 Å². The van der Waals surface area contributed by atoms with Crippen LogP contribution in [-0.2, 0) is 9.47 Å². The third kappa shape index (κ3) is 9.66. The summed E-state index contributed by atoms with van der Waals surface area (Å²) in [4.78, 5) is 0. The zero-order valence-corrected chi connectivity index (χ0v) is 29.1. The minimum Gasteiger partial charge on any atom is -1.00 e. The van der Waals surface area contributed by atoms with E-state index in [4.69, 9.17) is 18.9 Å². The van der Waals surface area contributed by atoms with Crippen LogP contribution in [0.5, 0.6) is 11.5 Å². The number of benzene rings is 2. The first kappa shape index (κ1) is 36.5. The summed E-state index contributed by atoms with van der Waals surface area (Å²) in [6.07, 6.45) is 4.39. The van der Waals surface area contributed by atoms with Gasteiger partial charge in [-0.1, -0.05) is 36.4 Å². The molecule has 0 unspecified atom stereocenters. The molecule has 0 radical (unpaired) electrons. The van der Waals surface area contributed by atoms with E-state index in [2.05, 4.69) is 88.4 Å². The molecule has 8 heteroatoms. The van der Waals surface area contributed by atoms with Gasteiger partial charge in [0.25, 0.3) is 0 Å². The van der Waals surface area contributed by atoms with Gasteiger partial charge in [0.1, 0.15) is 64.0 Å². The van der Waals surface area contributed by atoms with Gasteiger partial charge >= 0.3 is 0 Å². The number of hydrogen-bond acceptors (Lipinski definition) is 4. The average molecular weight is 711 g/mol. The molecular formula is C34H50Br2N2O4. The summed E-state index contributed by atoms with van der Waals surface area (Å²) in [5, 5.41) is 0. The van der Waals surface area contributed by atoms with E-state index in [1.54, 1.807) is 0 Å². The minimum atomic E-state index is 0. The van der Waals surface area contributed by atoms with Gasteiger partial charge in [-0.15, -0.1) is 0 Å². The quantitative estimate of drug-likeness (QED) is 0.212. The zero-order chi connectivity index (χ0) is 28.3. The molecule has 0 aliphatic carbocycles. The van der Waals surface area contributed by atoms with Crippen molar-refractivity contribution in [3.05, 3.63) is 71.8 Å². The first-order chi connectivity index (χ1) is 19.6. The number of allylic oxidation sites excluding steroid dienone is 4. The maximum absolute atomic E-state index is 6.16. The molecule has 0 spiro atoms. The second-order valence-corrected chi connectivity index (χ2v) is 11.0. The largest absolute Gasteiger partial charge is 1.00 e. The van der Waals surface area contributed by atoms with Gasteiger partial charge in [0.15, 0.2) is 0 Å². The van der Waals surface area contributed by atoms with Crippen molar-refractivity contribution in [1.82, 2.24) is 0 Å². The molecule has 4 rings (SSSR count). The lowest BCUT2D eigenvalue weighted by Gasteiger charge is -2.40. The van der Waals surface area contributed by atoms with Crippen LogP contribution < -0.4 is 43.4 Å². The highest BCUT2D eigenvalue weighted by atomic mass is 79.9. The number of likely N-dealkylation sites (N-methyl/N-ethyl adjacent to an activating group) is 2. The van der Waals surface area contributed by atoms with Crippen LogP contribution in [0.3, 0.4) is 0 Å². The van der Waals surface area contributed by atoms with Crippen molar-refractivity contribution < 1.29 is 61.9 Å². The molecule has 2 fully saturated rings. The zero-order valence-electron chi connectivity index (χ0n) is 26.0. The van der Waals surface area contributed by atoms with Crippen molar-refractivity contribution in [2.45, 2.75) is 27.7 Å². The van der Waals surface area contributed by atoms with E-state index >= 15 is 0 Å². The Hall–Kier alpha value is -1.68. The van der Waals surface area contributed by atoms with Crippen molar-refractivity contribution >= 4 is 11.1 Å². The van der Waals surface area contributed by atoms with E-state index in [0.29, 0.717) is 0 Å². The Kier molecular flexibility index (Phi) is 15.8. The lowest BCUT2D eigenvalue weighted by molar-refractivity contribution is -0.933. The van der Waals surface area contributed by atoms with Crippen molar-refractivity contribution in [1.29, 1.82) is 0 Å². The molecule has 2 aliphatic rings. The normalized spacial score (nSPS) is 18.4. The standard InChI is InChI=1S/C34H50N2O4.2BrH/c1-5-33(29-9-13-31(14-10-29)39-27-21-35(7-3)17-23-37-24-18-35)34(6-2)30-11-15-32(16-12-30)40-28-22-36(8-4)19-25-38-26-20-36;;/h5-6,9-16H,7-8,17-28H2,1-4H3;2*1H/q+2;;/p-2/b33-5+,34-6+;;. The Morgan fingerprint density at radius 3 is 1.24 bits per heavy atom. The molecule has 0 amide bonds. The third-order valence-corrected chi connectivity index (χ3v) is 9.05. The fourth-order valence-corrected chi connectivity index (χ4v) is 5.99. The number of ether oxygens (including phenoxy) is 4. The number of morpholine rings is 2. The number of rotatable bonds is 13. The first-order valence-corrected chi connectivity index (χ1v) is 15.2. The third-order valence-electron chi connectivity index (χ3n) is 9.05. The summed E-state index contributed by atoms with van der Waals surface area (Å²) >= 11 is 0. The highest BCUT2D eigenvalue weighted by Crippen LogP contribution is 2.33. The number of hydrogen-bond donors (Lipinski definition) is 0. The summed E-state index contributed by atoms with van der Waals surface area (Å²) in [6.45, 7) is 22.3. The highest BCUT2D eigenvalue weighted by molar-refractivity contribution is 6.04. The van der Waals surface area contributed by atoms with Gasteiger partial charge in [0.05, 0.1) is 39.5 Å². The predicted octanol–water partition coefficient (Wildman–Crippen LogP) is -0.307. The Labute approximate surface area is 275 Å². The summed E-state index contributed by atoms with van der Waals surface area (Å²) in [7, 11) is 0. The molecule has 2 aromatic carbocycles. The second-order valence-electron chi connectivity index (χ2n) is 11.0. The lowest BCUT2D eigenvalue weighted by atomic mass is 9.92. The maximum atomic E-state index is 6.16. The van der Waals surface area contributed by atoms with Gasteiger partial charge in [0, 0.05) is 0 Å². The van der Waals surface area contributed by atoms with Crippen LogP contribution >= 0.6 is 0 Å². The summed E-state index contributed by atoms with van der Waals surface area (Å²) in [6, 6.07) is 17.1. The Balaban J connectivity index is 0.00000308. The van der Waals surface area contributed by atoms with Crippen molar-refractivity contribution in [3.63, 3.8) is 0 Å². The van der Waals surface area contributed by atoms with E-state index in [1.165, 1.54) is 22.3 Å². The van der Waals surface area contributed by atoms with E-state index in [1.807, 2.05) is 0 Å². The molecule has 0 aromatic heterocycles. The Morgan fingerprint density at radius 1 is 0.619 bits per heavy atom. The van der Waals surface area contributed by atoms with E-state index in [9.17, 15) is 0 Å². The predicted molar refractivity (Wildman–Crippen MR) is 164 cm³/mol. The van der Waals surface area contributed by atoms with Gasteiger partial charge in [-0.05, 0) is 74.2 Å². The molecule has 0 bridgehead atoms. The molecule has 2 heterocycles.